The molecule has 1 aliphatic carbocycles. The van der Waals surface area contributed by atoms with Gasteiger partial charge in [-0.15, -0.1) is 0 Å². The molecule has 2 rings (SSSR count). The van der Waals surface area contributed by atoms with Crippen LogP contribution in [-0.4, -0.2) is 25.6 Å². The number of ether oxygens (including phenoxy) is 2. The topological polar surface area (TPSA) is 35.5 Å². The van der Waals surface area contributed by atoms with Crippen LogP contribution < -0.4 is 4.74 Å². The molecule has 104 valence electrons. The van der Waals surface area contributed by atoms with E-state index in [0.29, 0.717) is 18.9 Å². The van der Waals surface area contributed by atoms with E-state index in [1.54, 1.807) is 7.11 Å². The maximum Gasteiger partial charge on any atom is 0.162 e. The molecule has 0 amide bonds. The minimum atomic E-state index is -0.164. The zero-order chi connectivity index (χ0) is 13.7. The van der Waals surface area contributed by atoms with Crippen LogP contribution in [0.2, 0.25) is 0 Å². The lowest BCUT2D eigenvalue weighted by atomic mass is 10.0. The van der Waals surface area contributed by atoms with E-state index in [2.05, 4.69) is 0 Å². The first-order valence-electron chi connectivity index (χ1n) is 7.01. The molecule has 0 aromatic heterocycles. The first-order chi connectivity index (χ1) is 9.24. The van der Waals surface area contributed by atoms with Crippen LogP contribution >= 0.6 is 0 Å². The van der Waals surface area contributed by atoms with Crippen LogP contribution in [0.4, 0.5) is 0 Å². The molecule has 3 heteroatoms. The summed E-state index contributed by atoms with van der Waals surface area (Å²) >= 11 is 0. The van der Waals surface area contributed by atoms with Gasteiger partial charge in [-0.1, -0.05) is 12.1 Å². The monoisotopic (exact) mass is 262 g/mol. The number of carbonyl (C=O) groups excluding carboxylic acids is 1. The Bertz CT molecular complexity index is 407. The minimum absolute atomic E-state index is 0.164. The van der Waals surface area contributed by atoms with Gasteiger partial charge < -0.3 is 9.47 Å². The molecule has 0 bridgehead atoms. The minimum Gasteiger partial charge on any atom is -0.497 e. The Hall–Kier alpha value is -1.35. The quantitative estimate of drug-likeness (QED) is 0.722. The average Bonchev–Trinajstić information content (AvgIpc) is 3.27. The summed E-state index contributed by atoms with van der Waals surface area (Å²) in [7, 11) is 1.65. The zero-order valence-corrected chi connectivity index (χ0v) is 11.7. The predicted molar refractivity (Wildman–Crippen MR) is 74.5 cm³/mol. The lowest BCUT2D eigenvalue weighted by Crippen LogP contribution is -2.26. The molecule has 3 nitrogen and oxygen atoms in total. The molecule has 0 N–H and O–H groups in total. The standard InChI is InChI=1S/C16H22O3/c1-3-19-16(13-7-8-13)15(17)11-6-12-4-9-14(18-2)10-5-12/h4-5,9-10,13,16H,3,6-8,11H2,1-2H3. The van der Waals surface area contributed by atoms with Gasteiger partial charge >= 0.3 is 0 Å². The van der Waals surface area contributed by atoms with Crippen molar-refractivity contribution in [2.45, 2.75) is 38.7 Å². The molecule has 0 spiro atoms. The van der Waals surface area contributed by atoms with Crippen molar-refractivity contribution in [1.82, 2.24) is 0 Å². The van der Waals surface area contributed by atoms with Crippen LogP contribution in [0.25, 0.3) is 0 Å². The second-order valence-electron chi connectivity index (χ2n) is 5.03. The summed E-state index contributed by atoms with van der Waals surface area (Å²) in [6.45, 7) is 2.57. The highest BCUT2D eigenvalue weighted by Gasteiger charge is 2.36. The number of benzene rings is 1. The molecule has 1 aliphatic rings. The number of methoxy groups -OCH3 is 1. The van der Waals surface area contributed by atoms with Crippen molar-refractivity contribution in [3.05, 3.63) is 29.8 Å². The van der Waals surface area contributed by atoms with Gasteiger partial charge in [0.2, 0.25) is 0 Å². The molecular weight excluding hydrogens is 240 g/mol. The molecule has 1 fully saturated rings. The van der Waals surface area contributed by atoms with Gasteiger partial charge in [0, 0.05) is 13.0 Å². The van der Waals surface area contributed by atoms with E-state index in [9.17, 15) is 4.79 Å². The van der Waals surface area contributed by atoms with Crippen molar-refractivity contribution in [2.75, 3.05) is 13.7 Å². The van der Waals surface area contributed by atoms with Crippen molar-refractivity contribution in [3.63, 3.8) is 0 Å². The Morgan fingerprint density at radius 1 is 1.32 bits per heavy atom. The maximum atomic E-state index is 12.2. The Kier molecular flexibility index (Phi) is 4.97. The van der Waals surface area contributed by atoms with Crippen LogP contribution in [0.1, 0.15) is 31.7 Å². The first kappa shape index (κ1) is 14.1. The predicted octanol–water partition coefficient (Wildman–Crippen LogP) is 3.01. The van der Waals surface area contributed by atoms with Gasteiger partial charge in [-0.2, -0.15) is 0 Å². The number of hydrogen-bond acceptors (Lipinski definition) is 3. The van der Waals surface area contributed by atoms with Crippen LogP contribution in [0, 0.1) is 5.92 Å². The lowest BCUT2D eigenvalue weighted by molar-refractivity contribution is -0.131. The first-order valence-corrected chi connectivity index (χ1v) is 7.01. The molecule has 0 saturated heterocycles. The highest BCUT2D eigenvalue weighted by Crippen LogP contribution is 2.35. The molecule has 1 unspecified atom stereocenters. The lowest BCUT2D eigenvalue weighted by Gasteiger charge is -2.15. The Balaban J connectivity index is 1.84. The van der Waals surface area contributed by atoms with Crippen molar-refractivity contribution < 1.29 is 14.3 Å². The summed E-state index contributed by atoms with van der Waals surface area (Å²) in [6, 6.07) is 7.89. The summed E-state index contributed by atoms with van der Waals surface area (Å²) < 4.78 is 10.7. The van der Waals surface area contributed by atoms with Gasteiger partial charge in [0.25, 0.3) is 0 Å². The van der Waals surface area contributed by atoms with E-state index in [0.717, 1.165) is 25.0 Å². The van der Waals surface area contributed by atoms with Gasteiger partial charge in [-0.3, -0.25) is 4.79 Å². The molecule has 0 radical (unpaired) electrons. The Morgan fingerprint density at radius 2 is 2.00 bits per heavy atom. The van der Waals surface area contributed by atoms with Crippen LogP contribution in [0.15, 0.2) is 24.3 Å². The number of rotatable bonds is 8. The van der Waals surface area contributed by atoms with E-state index in [1.807, 2.05) is 31.2 Å². The fourth-order valence-electron chi connectivity index (χ4n) is 2.27. The van der Waals surface area contributed by atoms with Gasteiger partial charge in [0.05, 0.1) is 7.11 Å². The van der Waals surface area contributed by atoms with E-state index < -0.39 is 0 Å². The van der Waals surface area contributed by atoms with Gasteiger partial charge in [-0.05, 0) is 49.8 Å². The number of aryl methyl sites for hydroxylation is 1. The third-order valence-corrected chi connectivity index (χ3v) is 3.53. The van der Waals surface area contributed by atoms with Gasteiger partial charge in [-0.25, -0.2) is 0 Å². The Labute approximate surface area is 114 Å². The molecule has 1 aromatic carbocycles. The largest absolute Gasteiger partial charge is 0.497 e. The Morgan fingerprint density at radius 3 is 2.53 bits per heavy atom. The van der Waals surface area contributed by atoms with Crippen molar-refractivity contribution in [1.29, 1.82) is 0 Å². The molecule has 1 atom stereocenters. The number of ketones is 1. The van der Waals surface area contributed by atoms with Gasteiger partial charge in [0.15, 0.2) is 5.78 Å². The van der Waals surface area contributed by atoms with Gasteiger partial charge in [0.1, 0.15) is 11.9 Å². The fourth-order valence-corrected chi connectivity index (χ4v) is 2.27. The highest BCUT2D eigenvalue weighted by atomic mass is 16.5. The van der Waals surface area contributed by atoms with E-state index >= 15 is 0 Å². The highest BCUT2D eigenvalue weighted by molar-refractivity contribution is 5.84. The van der Waals surface area contributed by atoms with E-state index in [4.69, 9.17) is 9.47 Å². The molecule has 19 heavy (non-hydrogen) atoms. The summed E-state index contributed by atoms with van der Waals surface area (Å²) in [5, 5.41) is 0. The van der Waals surface area contributed by atoms with Crippen LogP contribution in [0.3, 0.4) is 0 Å². The summed E-state index contributed by atoms with van der Waals surface area (Å²) in [4.78, 5) is 12.2. The number of carbonyl (C=O) groups is 1. The smallest absolute Gasteiger partial charge is 0.162 e. The van der Waals surface area contributed by atoms with Crippen LogP contribution in [-0.2, 0) is 16.0 Å². The van der Waals surface area contributed by atoms with Crippen LogP contribution in [0.5, 0.6) is 5.75 Å². The van der Waals surface area contributed by atoms with Crippen molar-refractivity contribution in [3.8, 4) is 5.75 Å². The molecule has 0 aliphatic heterocycles. The molecule has 1 aromatic rings. The fraction of sp³-hybridized carbons (Fsp3) is 0.562. The third-order valence-electron chi connectivity index (χ3n) is 3.53. The number of hydrogen-bond donors (Lipinski definition) is 0. The second kappa shape index (κ2) is 6.71. The molecule has 1 saturated carbocycles. The van der Waals surface area contributed by atoms with E-state index in [1.165, 1.54) is 5.56 Å². The maximum absolute atomic E-state index is 12.2. The van der Waals surface area contributed by atoms with Crippen molar-refractivity contribution in [2.24, 2.45) is 5.92 Å². The normalized spacial score (nSPS) is 16.1. The second-order valence-corrected chi connectivity index (χ2v) is 5.03. The average molecular weight is 262 g/mol. The summed E-state index contributed by atoms with van der Waals surface area (Å²) in [5.74, 6) is 1.57. The third kappa shape index (κ3) is 4.06. The molecule has 0 heterocycles. The summed E-state index contributed by atoms with van der Waals surface area (Å²) in [5.41, 5.74) is 1.17. The summed E-state index contributed by atoms with van der Waals surface area (Å²) in [6.07, 6.45) is 3.45. The van der Waals surface area contributed by atoms with Crippen molar-refractivity contribution >= 4 is 5.78 Å². The number of Topliss-reactive ketones (excluding diaryl/α,β-unsaturated/α-hetero) is 1. The molecular formula is C16H22O3. The SMILES string of the molecule is CCOC(C(=O)CCc1ccc(OC)cc1)C1CC1. The zero-order valence-electron chi connectivity index (χ0n) is 11.7. The van der Waals surface area contributed by atoms with E-state index in [-0.39, 0.29) is 11.9 Å².